The molecule has 0 aliphatic rings. The Morgan fingerprint density at radius 1 is 1.05 bits per heavy atom. The first kappa shape index (κ1) is 16.4. The van der Waals surface area contributed by atoms with Crippen molar-refractivity contribution in [3.8, 4) is 11.5 Å². The van der Waals surface area contributed by atoms with Gasteiger partial charge in [-0.15, -0.1) is 6.58 Å². The summed E-state index contributed by atoms with van der Waals surface area (Å²) in [4.78, 5) is 23.3. The second-order valence-corrected chi connectivity index (χ2v) is 4.61. The molecule has 110 valence electrons. The fourth-order valence-electron chi connectivity index (χ4n) is 1.38. The fraction of sp³-hybridized carbons (Fsp3) is 0.176. The average Bonchev–Trinajstić information content (AvgIpc) is 2.41. The van der Waals surface area contributed by atoms with Gasteiger partial charge in [0.05, 0.1) is 0 Å². The molecule has 0 radical (unpaired) electrons. The van der Waals surface area contributed by atoms with Crippen molar-refractivity contribution in [3.05, 3.63) is 60.7 Å². The van der Waals surface area contributed by atoms with Crippen LogP contribution >= 0.6 is 0 Å². The second-order valence-electron chi connectivity index (χ2n) is 4.61. The van der Waals surface area contributed by atoms with E-state index in [0.29, 0.717) is 6.42 Å². The summed E-state index contributed by atoms with van der Waals surface area (Å²) in [5.74, 6) is -0.847. The van der Waals surface area contributed by atoms with Gasteiger partial charge >= 0.3 is 11.9 Å². The van der Waals surface area contributed by atoms with Gasteiger partial charge in [-0.3, -0.25) is 0 Å². The lowest BCUT2D eigenvalue weighted by Gasteiger charge is -2.11. The van der Waals surface area contributed by atoms with E-state index in [2.05, 4.69) is 19.7 Å². The van der Waals surface area contributed by atoms with Crippen molar-refractivity contribution in [3.63, 3.8) is 0 Å². The molecule has 1 aromatic rings. The quantitative estimate of drug-likeness (QED) is 0.348. The van der Waals surface area contributed by atoms with Crippen molar-refractivity contribution in [1.82, 2.24) is 0 Å². The van der Waals surface area contributed by atoms with Crippen molar-refractivity contribution >= 4 is 11.9 Å². The van der Waals surface area contributed by atoms with Gasteiger partial charge in [-0.1, -0.05) is 25.3 Å². The first-order chi connectivity index (χ1) is 9.85. The molecule has 0 amide bonds. The molecule has 0 bridgehead atoms. The highest BCUT2D eigenvalue weighted by atomic mass is 16.6. The molecular weight excluding hydrogens is 268 g/mol. The topological polar surface area (TPSA) is 52.6 Å². The Hall–Kier alpha value is -2.62. The van der Waals surface area contributed by atoms with Gasteiger partial charge in [0.25, 0.3) is 0 Å². The van der Waals surface area contributed by atoms with Gasteiger partial charge in [-0.25, -0.2) is 9.59 Å². The molecule has 1 rings (SSSR count). The summed E-state index contributed by atoms with van der Waals surface area (Å²) >= 11 is 0. The number of carbonyl (C=O) groups excluding carboxylic acids is 2. The normalized spacial score (nSPS) is 9.62. The van der Waals surface area contributed by atoms with Crippen LogP contribution in [-0.2, 0) is 16.0 Å². The predicted octanol–water partition coefficient (Wildman–Crippen LogP) is 3.38. The number of esters is 2. The third-order valence-electron chi connectivity index (χ3n) is 2.49. The lowest BCUT2D eigenvalue weighted by Crippen LogP contribution is -2.13. The maximum atomic E-state index is 11.7. The van der Waals surface area contributed by atoms with Crippen LogP contribution in [0.2, 0.25) is 0 Å². The first-order valence-electron chi connectivity index (χ1n) is 6.34. The summed E-state index contributed by atoms with van der Waals surface area (Å²) in [7, 11) is 0. The highest BCUT2D eigenvalue weighted by Crippen LogP contribution is 2.30. The fourth-order valence-corrected chi connectivity index (χ4v) is 1.38. The summed E-state index contributed by atoms with van der Waals surface area (Å²) in [6, 6.07) is 4.96. The van der Waals surface area contributed by atoms with Gasteiger partial charge in [0.1, 0.15) is 0 Å². The van der Waals surface area contributed by atoms with E-state index in [1.807, 2.05) is 0 Å². The Balaban J connectivity index is 3.12. The number of carbonyl (C=O) groups is 2. The Bertz CT molecular complexity index is 611. The van der Waals surface area contributed by atoms with E-state index in [4.69, 9.17) is 9.47 Å². The highest BCUT2D eigenvalue weighted by molar-refractivity contribution is 5.91. The largest absolute Gasteiger partial charge is 0.419 e. The molecule has 21 heavy (non-hydrogen) atoms. The van der Waals surface area contributed by atoms with E-state index in [1.54, 1.807) is 24.3 Å². The van der Waals surface area contributed by atoms with Gasteiger partial charge in [-0.05, 0) is 38.0 Å². The molecular formula is C17H18O4. The maximum Gasteiger partial charge on any atom is 0.338 e. The van der Waals surface area contributed by atoms with Crippen LogP contribution in [0.3, 0.4) is 0 Å². The monoisotopic (exact) mass is 286 g/mol. The van der Waals surface area contributed by atoms with Gasteiger partial charge in [0.15, 0.2) is 11.5 Å². The summed E-state index contributed by atoms with van der Waals surface area (Å²) in [5.41, 5.74) is 1.38. The molecule has 4 heteroatoms. The molecule has 0 aliphatic heterocycles. The zero-order chi connectivity index (χ0) is 16.0. The van der Waals surface area contributed by atoms with E-state index in [-0.39, 0.29) is 22.6 Å². The molecule has 1 aromatic carbocycles. The highest BCUT2D eigenvalue weighted by Gasteiger charge is 2.15. The second kappa shape index (κ2) is 7.24. The zero-order valence-corrected chi connectivity index (χ0v) is 12.3. The third kappa shape index (κ3) is 4.76. The van der Waals surface area contributed by atoms with Gasteiger partial charge < -0.3 is 9.47 Å². The third-order valence-corrected chi connectivity index (χ3v) is 2.49. The Morgan fingerprint density at radius 3 is 2.05 bits per heavy atom. The summed E-state index contributed by atoms with van der Waals surface area (Å²) in [6.07, 6.45) is 2.32. The SMILES string of the molecule is C=CCc1ccc(OC(=O)C(=C)C)c(OC(=O)C(=C)C)c1. The summed E-state index contributed by atoms with van der Waals surface area (Å²) < 4.78 is 10.3. The minimum absolute atomic E-state index is 0.158. The van der Waals surface area contributed by atoms with Crippen LogP contribution in [-0.4, -0.2) is 11.9 Å². The van der Waals surface area contributed by atoms with E-state index in [1.165, 1.54) is 13.8 Å². The van der Waals surface area contributed by atoms with Crippen LogP contribution in [0, 0.1) is 0 Å². The van der Waals surface area contributed by atoms with E-state index in [0.717, 1.165) is 5.56 Å². The van der Waals surface area contributed by atoms with Crippen molar-refractivity contribution in [1.29, 1.82) is 0 Å². The van der Waals surface area contributed by atoms with Crippen molar-refractivity contribution in [2.75, 3.05) is 0 Å². The van der Waals surface area contributed by atoms with Crippen molar-refractivity contribution < 1.29 is 19.1 Å². The maximum absolute atomic E-state index is 11.7. The molecule has 0 spiro atoms. The first-order valence-corrected chi connectivity index (χ1v) is 6.34. The van der Waals surface area contributed by atoms with Crippen LogP contribution in [0.15, 0.2) is 55.2 Å². The van der Waals surface area contributed by atoms with Crippen LogP contribution in [0.5, 0.6) is 11.5 Å². The van der Waals surface area contributed by atoms with Crippen LogP contribution in [0.1, 0.15) is 19.4 Å². The van der Waals surface area contributed by atoms with E-state index < -0.39 is 11.9 Å². The van der Waals surface area contributed by atoms with E-state index >= 15 is 0 Å². The Morgan fingerprint density at radius 2 is 1.57 bits per heavy atom. The molecule has 0 unspecified atom stereocenters. The molecule has 0 heterocycles. The minimum atomic E-state index is -0.585. The Kier molecular flexibility index (Phi) is 5.67. The predicted molar refractivity (Wildman–Crippen MR) is 81.2 cm³/mol. The van der Waals surface area contributed by atoms with Gasteiger partial charge in [0.2, 0.25) is 0 Å². The Labute approximate surface area is 124 Å². The van der Waals surface area contributed by atoms with E-state index in [9.17, 15) is 9.59 Å². The van der Waals surface area contributed by atoms with Gasteiger partial charge in [-0.2, -0.15) is 0 Å². The molecule has 0 atom stereocenters. The van der Waals surface area contributed by atoms with Crippen molar-refractivity contribution in [2.24, 2.45) is 0 Å². The lowest BCUT2D eigenvalue weighted by atomic mass is 10.1. The molecule has 0 fully saturated rings. The minimum Gasteiger partial charge on any atom is -0.419 e. The summed E-state index contributed by atoms with van der Waals surface area (Å²) in [6.45, 7) is 13.7. The number of allylic oxidation sites excluding steroid dienone is 1. The number of benzene rings is 1. The molecule has 4 nitrogen and oxygen atoms in total. The molecule has 0 saturated carbocycles. The number of hydrogen-bond acceptors (Lipinski definition) is 4. The molecule has 0 saturated heterocycles. The number of ether oxygens (including phenoxy) is 2. The average molecular weight is 286 g/mol. The zero-order valence-electron chi connectivity index (χ0n) is 12.3. The number of hydrogen-bond donors (Lipinski definition) is 0. The van der Waals surface area contributed by atoms with Gasteiger partial charge in [0, 0.05) is 11.1 Å². The number of rotatable bonds is 6. The van der Waals surface area contributed by atoms with Crippen LogP contribution < -0.4 is 9.47 Å². The standard InChI is InChI=1S/C17H18O4/c1-6-7-13-8-9-14(20-16(18)11(2)3)15(10-13)21-17(19)12(4)5/h6,8-10H,1-2,4,7H2,3,5H3. The van der Waals surface area contributed by atoms with Crippen LogP contribution in [0.4, 0.5) is 0 Å². The van der Waals surface area contributed by atoms with Crippen molar-refractivity contribution in [2.45, 2.75) is 20.3 Å². The smallest absolute Gasteiger partial charge is 0.338 e. The lowest BCUT2D eigenvalue weighted by molar-refractivity contribution is -0.132. The van der Waals surface area contributed by atoms with Crippen LogP contribution in [0.25, 0.3) is 0 Å². The summed E-state index contributed by atoms with van der Waals surface area (Å²) in [5, 5.41) is 0. The molecule has 0 aromatic heterocycles. The molecule has 0 aliphatic carbocycles. The molecule has 0 N–H and O–H groups in total.